The predicted molar refractivity (Wildman–Crippen MR) is 104 cm³/mol. The molecule has 0 spiro atoms. The number of aryl methyl sites for hydroxylation is 1. The quantitative estimate of drug-likeness (QED) is 0.869. The summed E-state index contributed by atoms with van der Waals surface area (Å²) in [5.74, 6) is 2.20. The standard InChI is InChI=1S/C19H26N4O2.ClH/c1-14(2)13-25-16-6-4-15(5-7-16)19(24)23-11-8-20-12-17(23)18-21-9-10-22(18)3;/h4-7,9-10,14,17,20H,8,11-13H2,1-3H3;1H. The van der Waals surface area contributed by atoms with E-state index in [0.29, 0.717) is 31.2 Å². The van der Waals surface area contributed by atoms with Crippen molar-refractivity contribution in [1.82, 2.24) is 19.8 Å². The smallest absolute Gasteiger partial charge is 0.254 e. The van der Waals surface area contributed by atoms with Crippen molar-refractivity contribution in [2.24, 2.45) is 13.0 Å². The minimum atomic E-state index is -0.0573. The molecule has 1 aromatic carbocycles. The van der Waals surface area contributed by atoms with Crippen LogP contribution in [-0.2, 0) is 7.05 Å². The van der Waals surface area contributed by atoms with Gasteiger partial charge in [0, 0.05) is 44.6 Å². The van der Waals surface area contributed by atoms with Gasteiger partial charge in [0.15, 0.2) is 0 Å². The summed E-state index contributed by atoms with van der Waals surface area (Å²) in [6.45, 7) is 7.07. The van der Waals surface area contributed by atoms with Crippen LogP contribution in [0.5, 0.6) is 5.75 Å². The van der Waals surface area contributed by atoms with Crippen LogP contribution in [0.25, 0.3) is 0 Å². The average molecular weight is 379 g/mol. The number of benzene rings is 1. The summed E-state index contributed by atoms with van der Waals surface area (Å²) in [6.07, 6.45) is 3.68. The van der Waals surface area contributed by atoms with Crippen molar-refractivity contribution in [1.29, 1.82) is 0 Å². The Morgan fingerprint density at radius 2 is 2.08 bits per heavy atom. The van der Waals surface area contributed by atoms with Crippen LogP contribution >= 0.6 is 12.4 Å². The third kappa shape index (κ3) is 4.56. The van der Waals surface area contributed by atoms with E-state index in [1.54, 1.807) is 6.20 Å². The zero-order chi connectivity index (χ0) is 17.8. The van der Waals surface area contributed by atoms with Gasteiger partial charge in [0.1, 0.15) is 17.6 Å². The first-order valence-electron chi connectivity index (χ1n) is 8.78. The van der Waals surface area contributed by atoms with Crippen LogP contribution in [0, 0.1) is 5.92 Å². The monoisotopic (exact) mass is 378 g/mol. The third-order valence-electron chi connectivity index (χ3n) is 4.35. The molecule has 0 radical (unpaired) electrons. The Morgan fingerprint density at radius 3 is 2.69 bits per heavy atom. The fourth-order valence-corrected chi connectivity index (χ4v) is 3.00. The molecule has 1 N–H and O–H groups in total. The number of carbonyl (C=O) groups is 1. The first-order chi connectivity index (χ1) is 12.1. The van der Waals surface area contributed by atoms with Crippen molar-refractivity contribution in [2.75, 3.05) is 26.2 Å². The summed E-state index contributed by atoms with van der Waals surface area (Å²) in [5.41, 5.74) is 0.679. The number of nitrogens with one attached hydrogen (secondary N) is 1. The van der Waals surface area contributed by atoms with Crippen molar-refractivity contribution in [3.8, 4) is 5.75 Å². The molecule has 1 aromatic heterocycles. The maximum Gasteiger partial charge on any atom is 0.254 e. The molecule has 6 nitrogen and oxygen atoms in total. The van der Waals surface area contributed by atoms with Gasteiger partial charge in [0.05, 0.1) is 6.61 Å². The van der Waals surface area contributed by atoms with Gasteiger partial charge in [0.2, 0.25) is 0 Å². The summed E-state index contributed by atoms with van der Waals surface area (Å²) >= 11 is 0. The maximum atomic E-state index is 13.0. The number of ether oxygens (including phenoxy) is 1. The molecule has 1 aliphatic heterocycles. The average Bonchev–Trinajstić information content (AvgIpc) is 3.05. The summed E-state index contributed by atoms with van der Waals surface area (Å²) in [4.78, 5) is 19.3. The molecule has 1 atom stereocenters. The molecule has 142 valence electrons. The van der Waals surface area contributed by atoms with E-state index in [4.69, 9.17) is 4.74 Å². The lowest BCUT2D eigenvalue weighted by atomic mass is 10.1. The lowest BCUT2D eigenvalue weighted by Gasteiger charge is -2.35. The molecule has 2 aromatic rings. The molecule has 0 saturated carbocycles. The number of rotatable bonds is 5. The van der Waals surface area contributed by atoms with E-state index in [9.17, 15) is 4.79 Å². The van der Waals surface area contributed by atoms with Crippen LogP contribution in [0.4, 0.5) is 0 Å². The molecule has 7 heteroatoms. The van der Waals surface area contributed by atoms with E-state index >= 15 is 0 Å². The van der Waals surface area contributed by atoms with E-state index in [1.165, 1.54) is 0 Å². The van der Waals surface area contributed by atoms with Crippen molar-refractivity contribution >= 4 is 18.3 Å². The minimum Gasteiger partial charge on any atom is -0.493 e. The van der Waals surface area contributed by atoms with Crippen molar-refractivity contribution in [3.63, 3.8) is 0 Å². The Hall–Kier alpha value is -2.05. The van der Waals surface area contributed by atoms with Crippen LogP contribution < -0.4 is 10.1 Å². The van der Waals surface area contributed by atoms with Gasteiger partial charge in [-0.3, -0.25) is 4.79 Å². The molecule has 1 aliphatic rings. The highest BCUT2D eigenvalue weighted by Crippen LogP contribution is 2.23. The normalized spacial score (nSPS) is 17.1. The van der Waals surface area contributed by atoms with E-state index < -0.39 is 0 Å². The molecule has 1 saturated heterocycles. The van der Waals surface area contributed by atoms with Gasteiger partial charge in [-0.05, 0) is 30.2 Å². The Bertz CT molecular complexity index is 715. The zero-order valence-corrected chi connectivity index (χ0v) is 16.3. The number of nitrogens with zero attached hydrogens (tertiary/aromatic N) is 3. The summed E-state index contributed by atoms with van der Waals surface area (Å²) < 4.78 is 7.67. The first kappa shape index (κ1) is 20.3. The Balaban J connectivity index is 0.00000243. The summed E-state index contributed by atoms with van der Waals surface area (Å²) in [5, 5.41) is 3.36. The second-order valence-corrected chi connectivity index (χ2v) is 6.84. The lowest BCUT2D eigenvalue weighted by molar-refractivity contribution is 0.0621. The van der Waals surface area contributed by atoms with Crippen LogP contribution in [0.1, 0.15) is 36.1 Å². The van der Waals surface area contributed by atoms with E-state index in [1.807, 2.05) is 47.0 Å². The highest BCUT2D eigenvalue weighted by atomic mass is 35.5. The number of imidazole rings is 1. The second kappa shape index (κ2) is 9.05. The molecule has 0 bridgehead atoms. The summed E-state index contributed by atoms with van der Waals surface area (Å²) in [7, 11) is 1.96. The lowest BCUT2D eigenvalue weighted by Crippen LogP contribution is -2.49. The fraction of sp³-hybridized carbons (Fsp3) is 0.474. The van der Waals surface area contributed by atoms with E-state index in [2.05, 4.69) is 24.1 Å². The van der Waals surface area contributed by atoms with Gasteiger partial charge < -0.3 is 19.5 Å². The largest absolute Gasteiger partial charge is 0.493 e. The molecular formula is C19H27ClN4O2. The van der Waals surface area contributed by atoms with Crippen LogP contribution in [0.2, 0.25) is 0 Å². The molecule has 2 heterocycles. The predicted octanol–water partition coefficient (Wildman–Crippen LogP) is 2.66. The Kier molecular flexibility index (Phi) is 7.06. The maximum absolute atomic E-state index is 13.0. The second-order valence-electron chi connectivity index (χ2n) is 6.84. The van der Waals surface area contributed by atoms with Crippen molar-refractivity contribution < 1.29 is 9.53 Å². The van der Waals surface area contributed by atoms with Gasteiger partial charge >= 0.3 is 0 Å². The van der Waals surface area contributed by atoms with Gasteiger partial charge in [-0.25, -0.2) is 4.98 Å². The molecule has 1 fully saturated rings. The third-order valence-corrected chi connectivity index (χ3v) is 4.35. The molecule has 1 amide bonds. The SMILES string of the molecule is CC(C)COc1ccc(C(=O)N2CCNCC2c2nccn2C)cc1.Cl. The number of amides is 1. The van der Waals surface area contributed by atoms with Crippen LogP contribution in [-0.4, -0.2) is 46.6 Å². The topological polar surface area (TPSA) is 59.4 Å². The number of halogens is 1. The Labute approximate surface area is 161 Å². The van der Waals surface area contributed by atoms with E-state index in [0.717, 1.165) is 18.1 Å². The van der Waals surface area contributed by atoms with Crippen LogP contribution in [0.3, 0.4) is 0 Å². The van der Waals surface area contributed by atoms with Crippen LogP contribution in [0.15, 0.2) is 36.7 Å². The Morgan fingerprint density at radius 1 is 1.35 bits per heavy atom. The molecule has 1 unspecified atom stereocenters. The molecule has 26 heavy (non-hydrogen) atoms. The number of hydrogen-bond acceptors (Lipinski definition) is 4. The first-order valence-corrected chi connectivity index (χ1v) is 8.78. The van der Waals surface area contributed by atoms with Gasteiger partial charge in [0.25, 0.3) is 5.91 Å². The fourth-order valence-electron chi connectivity index (χ4n) is 3.00. The van der Waals surface area contributed by atoms with E-state index in [-0.39, 0.29) is 24.4 Å². The zero-order valence-electron chi connectivity index (χ0n) is 15.5. The van der Waals surface area contributed by atoms with Gasteiger partial charge in [-0.2, -0.15) is 0 Å². The highest BCUT2D eigenvalue weighted by molar-refractivity contribution is 5.94. The highest BCUT2D eigenvalue weighted by Gasteiger charge is 2.30. The number of carbonyl (C=O) groups excluding carboxylic acids is 1. The molecular weight excluding hydrogens is 352 g/mol. The number of hydrogen-bond donors (Lipinski definition) is 1. The molecule has 3 rings (SSSR count). The van der Waals surface area contributed by atoms with Crippen molar-refractivity contribution in [2.45, 2.75) is 19.9 Å². The number of aromatic nitrogens is 2. The number of piperazine rings is 1. The molecule has 0 aliphatic carbocycles. The van der Waals surface area contributed by atoms with Crippen molar-refractivity contribution in [3.05, 3.63) is 48.0 Å². The minimum absolute atomic E-state index is 0. The summed E-state index contributed by atoms with van der Waals surface area (Å²) in [6, 6.07) is 7.37. The van der Waals surface area contributed by atoms with Gasteiger partial charge in [-0.1, -0.05) is 13.8 Å². The van der Waals surface area contributed by atoms with Gasteiger partial charge in [-0.15, -0.1) is 12.4 Å².